The third-order valence-electron chi connectivity index (χ3n) is 2.59. The topological polar surface area (TPSA) is 49.3 Å². The molecule has 0 bridgehead atoms. The lowest BCUT2D eigenvalue weighted by molar-refractivity contribution is -0.137. The van der Waals surface area contributed by atoms with Gasteiger partial charge in [-0.2, -0.15) is 13.2 Å². The van der Waals surface area contributed by atoms with Gasteiger partial charge in [0.2, 0.25) is 0 Å². The number of carboxylic acids is 1. The normalized spacial score (nSPS) is 11.4. The quantitative estimate of drug-likeness (QED) is 0.798. The van der Waals surface area contributed by atoms with Crippen LogP contribution in [0.1, 0.15) is 20.8 Å². The van der Waals surface area contributed by atoms with Crippen molar-refractivity contribution in [2.24, 2.45) is 0 Å². The fourth-order valence-corrected chi connectivity index (χ4v) is 2.92. The highest BCUT2D eigenvalue weighted by Crippen LogP contribution is 2.33. The van der Waals surface area contributed by atoms with Gasteiger partial charge in [-0.1, -0.05) is 15.9 Å². The van der Waals surface area contributed by atoms with Crippen molar-refractivity contribution in [3.05, 3.63) is 50.1 Å². The molecule has 0 atom stereocenters. The standard InChI is InChI=1S/C13H9BrF3NO2S/c14-9-2-8(13(15,16)17)3-10(4-9)18-5-11-1-7(6-21-11)12(19)20/h1-4,6,18H,5H2,(H,19,20). The maximum atomic E-state index is 12.7. The van der Waals surface area contributed by atoms with Gasteiger partial charge in [0.05, 0.1) is 11.1 Å². The number of alkyl halides is 3. The molecule has 112 valence electrons. The highest BCUT2D eigenvalue weighted by atomic mass is 79.9. The number of nitrogens with one attached hydrogen (secondary N) is 1. The van der Waals surface area contributed by atoms with E-state index in [0.717, 1.165) is 17.0 Å². The molecule has 0 aliphatic carbocycles. The van der Waals surface area contributed by atoms with E-state index in [0.29, 0.717) is 10.2 Å². The molecule has 3 nitrogen and oxygen atoms in total. The maximum Gasteiger partial charge on any atom is 0.416 e. The number of thiophene rings is 1. The van der Waals surface area contributed by atoms with Gasteiger partial charge in [0.1, 0.15) is 0 Å². The second-order valence-electron chi connectivity index (χ2n) is 4.19. The van der Waals surface area contributed by atoms with Crippen LogP contribution < -0.4 is 5.32 Å². The lowest BCUT2D eigenvalue weighted by atomic mass is 10.2. The molecule has 0 unspecified atom stereocenters. The summed E-state index contributed by atoms with van der Waals surface area (Å²) in [6, 6.07) is 5.03. The molecule has 0 fully saturated rings. The Bertz CT molecular complexity index is 670. The number of benzene rings is 1. The third kappa shape index (κ3) is 4.21. The molecular weight excluding hydrogens is 371 g/mol. The van der Waals surface area contributed by atoms with E-state index in [1.807, 2.05) is 0 Å². The van der Waals surface area contributed by atoms with Crippen LogP contribution in [0.15, 0.2) is 34.1 Å². The van der Waals surface area contributed by atoms with Gasteiger partial charge in [0.25, 0.3) is 0 Å². The number of aromatic carboxylic acids is 1. The molecule has 2 rings (SSSR count). The van der Waals surface area contributed by atoms with Crippen LogP contribution in [-0.4, -0.2) is 11.1 Å². The first-order valence-electron chi connectivity index (χ1n) is 5.68. The smallest absolute Gasteiger partial charge is 0.416 e. The fraction of sp³-hybridized carbons (Fsp3) is 0.154. The number of halogens is 4. The lowest BCUT2D eigenvalue weighted by Crippen LogP contribution is -2.06. The van der Waals surface area contributed by atoms with Crippen LogP contribution in [0, 0.1) is 0 Å². The Labute approximate surface area is 130 Å². The number of hydrogen-bond donors (Lipinski definition) is 2. The van der Waals surface area contributed by atoms with Gasteiger partial charge < -0.3 is 10.4 Å². The molecular formula is C13H9BrF3NO2S. The van der Waals surface area contributed by atoms with Gasteiger partial charge in [-0.15, -0.1) is 11.3 Å². The first-order chi connectivity index (χ1) is 9.75. The molecule has 2 N–H and O–H groups in total. The molecule has 0 radical (unpaired) electrons. The van der Waals surface area contributed by atoms with Crippen LogP contribution in [0.5, 0.6) is 0 Å². The number of anilines is 1. The molecule has 2 aromatic rings. The van der Waals surface area contributed by atoms with Crippen molar-refractivity contribution in [3.63, 3.8) is 0 Å². The molecule has 0 saturated heterocycles. The Morgan fingerprint density at radius 1 is 1.29 bits per heavy atom. The fourth-order valence-electron chi connectivity index (χ4n) is 1.63. The summed E-state index contributed by atoms with van der Waals surface area (Å²) in [5.41, 5.74) is -0.277. The second-order valence-corrected chi connectivity index (χ2v) is 6.10. The van der Waals surface area contributed by atoms with E-state index in [2.05, 4.69) is 21.2 Å². The van der Waals surface area contributed by atoms with E-state index in [1.54, 1.807) is 0 Å². The van der Waals surface area contributed by atoms with Crippen LogP contribution in [-0.2, 0) is 12.7 Å². The van der Waals surface area contributed by atoms with Crippen molar-refractivity contribution in [1.82, 2.24) is 0 Å². The second kappa shape index (κ2) is 6.07. The summed E-state index contributed by atoms with van der Waals surface area (Å²) < 4.78 is 38.4. The monoisotopic (exact) mass is 379 g/mol. The largest absolute Gasteiger partial charge is 0.478 e. The van der Waals surface area contributed by atoms with Crippen LogP contribution in [0.25, 0.3) is 0 Å². The Morgan fingerprint density at radius 3 is 2.57 bits per heavy atom. The number of carboxylic acid groups (broad SMARTS) is 1. The van der Waals surface area contributed by atoms with Gasteiger partial charge >= 0.3 is 12.1 Å². The van der Waals surface area contributed by atoms with E-state index in [-0.39, 0.29) is 12.1 Å². The molecule has 1 aromatic heterocycles. The van der Waals surface area contributed by atoms with Gasteiger partial charge in [-0.25, -0.2) is 4.79 Å². The molecule has 0 amide bonds. The van der Waals surface area contributed by atoms with Crippen LogP contribution in [0.4, 0.5) is 18.9 Å². The maximum absolute atomic E-state index is 12.7. The van der Waals surface area contributed by atoms with E-state index >= 15 is 0 Å². The summed E-state index contributed by atoms with van der Waals surface area (Å²) in [6.45, 7) is 0.256. The lowest BCUT2D eigenvalue weighted by Gasteiger charge is -2.11. The Hall–Kier alpha value is -1.54. The van der Waals surface area contributed by atoms with Gasteiger partial charge in [0, 0.05) is 27.0 Å². The molecule has 0 spiro atoms. The highest BCUT2D eigenvalue weighted by Gasteiger charge is 2.31. The zero-order chi connectivity index (χ0) is 15.6. The van der Waals surface area contributed by atoms with E-state index in [4.69, 9.17) is 5.11 Å². The zero-order valence-corrected chi connectivity index (χ0v) is 12.8. The molecule has 8 heteroatoms. The molecule has 21 heavy (non-hydrogen) atoms. The Balaban J connectivity index is 2.12. The number of hydrogen-bond acceptors (Lipinski definition) is 3. The molecule has 0 aliphatic rings. The van der Waals surface area contributed by atoms with Crippen molar-refractivity contribution in [2.75, 3.05) is 5.32 Å². The van der Waals surface area contributed by atoms with Crippen LogP contribution in [0.2, 0.25) is 0 Å². The Kier molecular flexibility index (Phi) is 4.58. The van der Waals surface area contributed by atoms with Crippen molar-refractivity contribution in [2.45, 2.75) is 12.7 Å². The average molecular weight is 380 g/mol. The van der Waals surface area contributed by atoms with Crippen molar-refractivity contribution in [1.29, 1.82) is 0 Å². The SMILES string of the molecule is O=C(O)c1csc(CNc2cc(Br)cc(C(F)(F)F)c2)c1. The summed E-state index contributed by atoms with van der Waals surface area (Å²) in [7, 11) is 0. The minimum absolute atomic E-state index is 0.169. The van der Waals surface area contributed by atoms with E-state index in [1.165, 1.54) is 28.8 Å². The van der Waals surface area contributed by atoms with Crippen LogP contribution in [0.3, 0.4) is 0 Å². The van der Waals surface area contributed by atoms with E-state index in [9.17, 15) is 18.0 Å². The highest BCUT2D eigenvalue weighted by molar-refractivity contribution is 9.10. The van der Waals surface area contributed by atoms with E-state index < -0.39 is 17.7 Å². The minimum Gasteiger partial charge on any atom is -0.478 e. The summed E-state index contributed by atoms with van der Waals surface area (Å²) in [6.07, 6.45) is -4.42. The van der Waals surface area contributed by atoms with Crippen molar-refractivity contribution < 1.29 is 23.1 Å². The van der Waals surface area contributed by atoms with Gasteiger partial charge in [0.15, 0.2) is 0 Å². The summed E-state index contributed by atoms with van der Waals surface area (Å²) >= 11 is 4.27. The first kappa shape index (κ1) is 15.8. The molecule has 0 aliphatic heterocycles. The van der Waals surface area contributed by atoms with Crippen LogP contribution >= 0.6 is 27.3 Å². The van der Waals surface area contributed by atoms with Crippen molar-refractivity contribution in [3.8, 4) is 0 Å². The molecule has 0 saturated carbocycles. The average Bonchev–Trinajstić information content (AvgIpc) is 2.83. The third-order valence-corrected chi connectivity index (χ3v) is 3.99. The number of carbonyl (C=O) groups is 1. The molecule has 1 heterocycles. The first-order valence-corrected chi connectivity index (χ1v) is 7.35. The molecule has 1 aromatic carbocycles. The zero-order valence-electron chi connectivity index (χ0n) is 10.4. The Morgan fingerprint density at radius 2 is 2.00 bits per heavy atom. The van der Waals surface area contributed by atoms with Gasteiger partial charge in [-0.3, -0.25) is 0 Å². The summed E-state index contributed by atoms with van der Waals surface area (Å²) in [5, 5.41) is 13.1. The predicted molar refractivity (Wildman–Crippen MR) is 77.7 cm³/mol. The predicted octanol–water partition coefficient (Wildman–Crippen LogP) is 4.84. The minimum atomic E-state index is -4.42. The van der Waals surface area contributed by atoms with Gasteiger partial charge in [-0.05, 0) is 24.3 Å². The number of rotatable bonds is 4. The van der Waals surface area contributed by atoms with Crippen molar-refractivity contribution >= 4 is 38.9 Å². The summed E-state index contributed by atoms with van der Waals surface area (Å²) in [5.74, 6) is -1.03. The summed E-state index contributed by atoms with van der Waals surface area (Å²) in [4.78, 5) is 11.5.